The maximum Gasteiger partial charge on any atom is 0.262 e. The number of sulfonamides is 1. The van der Waals surface area contributed by atoms with Crippen LogP contribution >= 0.6 is 0 Å². The van der Waals surface area contributed by atoms with Crippen LogP contribution in [0, 0.1) is 0 Å². The largest absolute Gasteiger partial charge is 0.467 e. The Hall–Kier alpha value is -3.04. The Labute approximate surface area is 175 Å². The third-order valence-electron chi connectivity index (χ3n) is 4.94. The first-order valence-electron chi connectivity index (χ1n) is 9.77. The van der Waals surface area contributed by atoms with Gasteiger partial charge in [-0.1, -0.05) is 18.6 Å². The summed E-state index contributed by atoms with van der Waals surface area (Å²) in [4.78, 5) is 20.7. The molecule has 1 fully saturated rings. The second-order valence-electron chi connectivity index (χ2n) is 7.02. The molecule has 0 atom stereocenters. The molecule has 4 rings (SSSR count). The molecule has 1 aromatic heterocycles. The maximum absolute atomic E-state index is 12.7. The minimum absolute atomic E-state index is 0.227. The summed E-state index contributed by atoms with van der Waals surface area (Å²) in [5.41, 5.74) is 1.22. The smallest absolute Gasteiger partial charge is 0.262 e. The van der Waals surface area contributed by atoms with Crippen molar-refractivity contribution in [2.75, 3.05) is 25.0 Å². The summed E-state index contributed by atoms with van der Waals surface area (Å²) in [5.74, 6) is -0.0388. The Morgan fingerprint density at radius 2 is 1.73 bits per heavy atom. The highest BCUT2D eigenvalue weighted by Crippen LogP contribution is 2.23. The lowest BCUT2D eigenvalue weighted by atomic mass is 10.2. The van der Waals surface area contributed by atoms with Crippen molar-refractivity contribution in [2.24, 2.45) is 0 Å². The average Bonchev–Trinajstić information content (AvgIpc) is 2.78. The normalized spacial score (nSPS) is 15.1. The first-order valence-corrected chi connectivity index (χ1v) is 11.2. The van der Waals surface area contributed by atoms with Crippen molar-refractivity contribution in [1.29, 1.82) is 0 Å². The van der Waals surface area contributed by atoms with E-state index in [-0.39, 0.29) is 17.4 Å². The Kier molecular flexibility index (Phi) is 5.91. The van der Waals surface area contributed by atoms with Gasteiger partial charge in [0.05, 0.1) is 15.8 Å². The van der Waals surface area contributed by atoms with Crippen LogP contribution in [0.2, 0.25) is 0 Å². The van der Waals surface area contributed by atoms with E-state index in [1.165, 1.54) is 22.8 Å². The molecule has 1 aliphatic heterocycles. The van der Waals surface area contributed by atoms with Gasteiger partial charge in [0.15, 0.2) is 6.61 Å². The molecule has 8 nitrogen and oxygen atoms in total. The lowest BCUT2D eigenvalue weighted by molar-refractivity contribution is -0.118. The van der Waals surface area contributed by atoms with Crippen LogP contribution in [-0.2, 0) is 14.8 Å². The fourth-order valence-electron chi connectivity index (χ4n) is 3.39. The van der Waals surface area contributed by atoms with Crippen molar-refractivity contribution in [3.8, 4) is 5.88 Å². The molecule has 30 heavy (non-hydrogen) atoms. The molecule has 0 saturated carbocycles. The topological polar surface area (TPSA) is 101 Å². The Morgan fingerprint density at radius 3 is 2.50 bits per heavy atom. The summed E-state index contributed by atoms with van der Waals surface area (Å²) in [5, 5.41) is 3.42. The van der Waals surface area contributed by atoms with Gasteiger partial charge in [-0.2, -0.15) is 4.31 Å². The molecule has 0 radical (unpaired) electrons. The summed E-state index contributed by atoms with van der Waals surface area (Å²) in [6.07, 6.45) is 4.21. The van der Waals surface area contributed by atoms with E-state index >= 15 is 0 Å². The number of fused-ring (bicyclic) bond motifs is 1. The highest BCUT2D eigenvalue weighted by molar-refractivity contribution is 7.89. The Bertz CT molecular complexity index is 1140. The average molecular weight is 426 g/mol. The van der Waals surface area contributed by atoms with E-state index in [0.717, 1.165) is 30.2 Å². The number of anilines is 1. The second-order valence-corrected chi connectivity index (χ2v) is 8.96. The van der Waals surface area contributed by atoms with E-state index in [1.807, 2.05) is 24.3 Å². The summed E-state index contributed by atoms with van der Waals surface area (Å²) in [6, 6.07) is 13.5. The molecule has 3 aromatic rings. The number of nitrogens with one attached hydrogen (secondary N) is 1. The predicted molar refractivity (Wildman–Crippen MR) is 113 cm³/mol. The molecule has 9 heteroatoms. The zero-order valence-corrected chi connectivity index (χ0v) is 17.1. The molecule has 1 N–H and O–H groups in total. The number of hydrogen-bond donors (Lipinski definition) is 1. The van der Waals surface area contributed by atoms with Crippen LogP contribution in [0.5, 0.6) is 5.88 Å². The van der Waals surface area contributed by atoms with E-state index in [2.05, 4.69) is 15.3 Å². The molecular weight excluding hydrogens is 404 g/mol. The van der Waals surface area contributed by atoms with Crippen LogP contribution in [0.15, 0.2) is 59.8 Å². The molecular formula is C21H22N4O4S. The minimum Gasteiger partial charge on any atom is -0.467 e. The number of carbonyl (C=O) groups is 1. The first kappa shape index (κ1) is 20.2. The molecule has 0 spiro atoms. The number of para-hydroxylation sites is 1. The van der Waals surface area contributed by atoms with E-state index in [0.29, 0.717) is 24.7 Å². The molecule has 156 valence electrons. The van der Waals surface area contributed by atoms with Crippen molar-refractivity contribution in [3.05, 3.63) is 54.9 Å². The first-order chi connectivity index (χ1) is 14.5. The number of ether oxygens (including phenoxy) is 1. The van der Waals surface area contributed by atoms with E-state index in [4.69, 9.17) is 4.74 Å². The summed E-state index contributed by atoms with van der Waals surface area (Å²) in [7, 11) is -3.49. The van der Waals surface area contributed by atoms with Crippen molar-refractivity contribution in [1.82, 2.24) is 14.3 Å². The van der Waals surface area contributed by atoms with Gasteiger partial charge in [0.25, 0.3) is 5.91 Å². The van der Waals surface area contributed by atoms with Crippen LogP contribution < -0.4 is 10.1 Å². The third-order valence-corrected chi connectivity index (χ3v) is 6.85. The Balaban J connectivity index is 1.38. The molecule has 0 bridgehead atoms. The monoisotopic (exact) mass is 426 g/mol. The molecule has 0 unspecified atom stereocenters. The third kappa shape index (κ3) is 4.42. The van der Waals surface area contributed by atoms with Gasteiger partial charge in [-0.15, -0.1) is 0 Å². The van der Waals surface area contributed by atoms with Crippen LogP contribution in [0.1, 0.15) is 19.3 Å². The predicted octanol–water partition coefficient (Wildman–Crippen LogP) is 2.82. The van der Waals surface area contributed by atoms with Gasteiger partial charge in [-0.3, -0.25) is 4.79 Å². The molecule has 0 aliphatic carbocycles. The molecule has 1 amide bonds. The molecule has 1 saturated heterocycles. The highest BCUT2D eigenvalue weighted by atomic mass is 32.2. The van der Waals surface area contributed by atoms with Gasteiger partial charge in [0.2, 0.25) is 15.9 Å². The zero-order valence-electron chi connectivity index (χ0n) is 16.3. The van der Waals surface area contributed by atoms with Crippen molar-refractivity contribution in [3.63, 3.8) is 0 Å². The van der Waals surface area contributed by atoms with Crippen LogP contribution in [0.3, 0.4) is 0 Å². The summed E-state index contributed by atoms with van der Waals surface area (Å²) in [6.45, 7) is 0.876. The highest BCUT2D eigenvalue weighted by Gasteiger charge is 2.25. The molecule has 2 heterocycles. The fraction of sp³-hybridized carbons (Fsp3) is 0.286. The van der Waals surface area contributed by atoms with Crippen molar-refractivity contribution >= 4 is 32.5 Å². The molecule has 1 aliphatic rings. The van der Waals surface area contributed by atoms with Crippen molar-refractivity contribution in [2.45, 2.75) is 24.2 Å². The van der Waals surface area contributed by atoms with Gasteiger partial charge in [-0.25, -0.2) is 18.4 Å². The van der Waals surface area contributed by atoms with Gasteiger partial charge in [0.1, 0.15) is 6.33 Å². The van der Waals surface area contributed by atoms with Gasteiger partial charge < -0.3 is 10.1 Å². The SMILES string of the molecule is O=C(COc1ncnc2ccccc12)Nc1ccc(S(=O)(=O)N2CCCCC2)cc1. The number of rotatable bonds is 6. The number of benzene rings is 2. The Morgan fingerprint density at radius 1 is 1.00 bits per heavy atom. The number of nitrogens with zero attached hydrogens (tertiary/aromatic N) is 3. The molecule has 2 aromatic carbocycles. The number of aromatic nitrogens is 2. The standard InChI is InChI=1S/C21H22N4O4S/c26-20(14-29-21-18-6-2-3-7-19(18)22-15-23-21)24-16-8-10-17(11-9-16)30(27,28)25-12-4-1-5-13-25/h2-3,6-11,15H,1,4-5,12-14H2,(H,24,26). The lowest BCUT2D eigenvalue weighted by Gasteiger charge is -2.25. The fourth-order valence-corrected chi connectivity index (χ4v) is 4.91. The van der Waals surface area contributed by atoms with Crippen LogP contribution in [0.25, 0.3) is 10.9 Å². The summed E-state index contributed by atoms with van der Waals surface area (Å²) < 4.78 is 32.5. The lowest BCUT2D eigenvalue weighted by Crippen LogP contribution is -2.35. The minimum atomic E-state index is -3.49. The van der Waals surface area contributed by atoms with E-state index in [9.17, 15) is 13.2 Å². The van der Waals surface area contributed by atoms with Gasteiger partial charge in [-0.05, 0) is 49.2 Å². The van der Waals surface area contributed by atoms with Crippen LogP contribution in [0.4, 0.5) is 5.69 Å². The number of piperidine rings is 1. The summed E-state index contributed by atoms with van der Waals surface area (Å²) >= 11 is 0. The second kappa shape index (κ2) is 8.76. The number of carbonyl (C=O) groups excluding carboxylic acids is 1. The van der Waals surface area contributed by atoms with Crippen LogP contribution in [-0.4, -0.2) is 48.3 Å². The van der Waals surface area contributed by atoms with Gasteiger partial charge in [0, 0.05) is 18.8 Å². The van der Waals surface area contributed by atoms with E-state index in [1.54, 1.807) is 12.1 Å². The number of hydrogen-bond acceptors (Lipinski definition) is 6. The quantitative estimate of drug-likeness (QED) is 0.650. The maximum atomic E-state index is 12.7. The van der Waals surface area contributed by atoms with Crippen molar-refractivity contribution < 1.29 is 17.9 Å². The van der Waals surface area contributed by atoms with Gasteiger partial charge >= 0.3 is 0 Å². The number of amides is 1. The zero-order chi connectivity index (χ0) is 21.0. The van der Waals surface area contributed by atoms with E-state index < -0.39 is 10.0 Å².